The summed E-state index contributed by atoms with van der Waals surface area (Å²) in [5, 5.41) is 4.71. The normalized spacial score (nSPS) is 17.8. The largest absolute Gasteiger partial charge is 0.457 e. The van der Waals surface area contributed by atoms with Gasteiger partial charge in [-0.05, 0) is 38.0 Å². The van der Waals surface area contributed by atoms with Crippen LogP contribution in [0.4, 0.5) is 11.4 Å². The molecule has 0 fully saturated rings. The number of hydrogen-bond donors (Lipinski definition) is 0. The summed E-state index contributed by atoms with van der Waals surface area (Å²) >= 11 is 0. The quantitative estimate of drug-likeness (QED) is 0.634. The summed E-state index contributed by atoms with van der Waals surface area (Å²) in [6.45, 7) is 6.93. The lowest BCUT2D eigenvalue weighted by Crippen LogP contribution is -2.61. The van der Waals surface area contributed by atoms with E-state index < -0.39 is 0 Å². The summed E-state index contributed by atoms with van der Waals surface area (Å²) in [7, 11) is 2.16. The van der Waals surface area contributed by atoms with Gasteiger partial charge in [0.1, 0.15) is 16.7 Å². The SMILES string of the molecule is CB1C=c2oc3ccccc3c2=CN1N1c2ccccc2N(C)C1(C)C. The van der Waals surface area contributed by atoms with Gasteiger partial charge < -0.3 is 14.2 Å². The highest BCUT2D eigenvalue weighted by atomic mass is 16.3. The average molecular weight is 343 g/mol. The fourth-order valence-corrected chi connectivity index (χ4v) is 4.19. The minimum absolute atomic E-state index is 0.167. The number of benzene rings is 2. The third kappa shape index (κ3) is 1.91. The Labute approximate surface area is 153 Å². The van der Waals surface area contributed by atoms with Crippen molar-refractivity contribution >= 4 is 41.4 Å². The fourth-order valence-electron chi connectivity index (χ4n) is 4.19. The van der Waals surface area contributed by atoms with E-state index in [9.17, 15) is 0 Å². The molecular weight excluding hydrogens is 321 g/mol. The summed E-state index contributed by atoms with van der Waals surface area (Å²) in [5.74, 6) is 2.21. The Kier molecular flexibility index (Phi) is 3.03. The summed E-state index contributed by atoms with van der Waals surface area (Å²) in [6.07, 6.45) is 2.24. The number of anilines is 2. The molecule has 0 spiro atoms. The molecule has 2 aromatic carbocycles. The predicted octanol–water partition coefficient (Wildman–Crippen LogP) is 3.03. The molecule has 130 valence electrons. The van der Waals surface area contributed by atoms with Crippen molar-refractivity contribution in [2.24, 2.45) is 0 Å². The lowest BCUT2D eigenvalue weighted by atomic mass is 9.63. The van der Waals surface area contributed by atoms with E-state index >= 15 is 0 Å². The van der Waals surface area contributed by atoms with Crippen LogP contribution in [-0.4, -0.2) is 24.5 Å². The zero-order valence-corrected chi connectivity index (χ0v) is 15.6. The summed E-state index contributed by atoms with van der Waals surface area (Å²) < 4.78 is 6.07. The maximum Gasteiger partial charge on any atom is 0.306 e. The number of furan rings is 1. The molecule has 26 heavy (non-hydrogen) atoms. The van der Waals surface area contributed by atoms with Crippen LogP contribution in [-0.2, 0) is 0 Å². The number of rotatable bonds is 1. The summed E-state index contributed by atoms with van der Waals surface area (Å²) in [4.78, 5) is 4.68. The molecule has 5 heteroatoms. The highest BCUT2D eigenvalue weighted by Crippen LogP contribution is 2.45. The molecule has 1 aromatic heterocycles. The molecular formula is C21H22BN3O. The van der Waals surface area contributed by atoms with Crippen molar-refractivity contribution in [3.05, 3.63) is 59.2 Å². The Hall–Kier alpha value is -2.82. The summed E-state index contributed by atoms with van der Waals surface area (Å²) in [5.41, 5.74) is 4.22. The molecule has 0 atom stereocenters. The van der Waals surface area contributed by atoms with Crippen LogP contribution in [0, 0.1) is 0 Å². The van der Waals surface area contributed by atoms with Crippen molar-refractivity contribution in [2.45, 2.75) is 26.3 Å². The number of hydrazine groups is 1. The minimum Gasteiger partial charge on any atom is -0.457 e. The molecule has 0 bridgehead atoms. The van der Waals surface area contributed by atoms with Gasteiger partial charge >= 0.3 is 6.85 Å². The topological polar surface area (TPSA) is 22.9 Å². The monoisotopic (exact) mass is 343 g/mol. The maximum atomic E-state index is 6.07. The summed E-state index contributed by atoms with van der Waals surface area (Å²) in [6, 6.07) is 16.9. The second-order valence-electron chi connectivity index (χ2n) is 7.65. The molecule has 4 nitrogen and oxygen atoms in total. The third-order valence-corrected chi connectivity index (χ3v) is 5.78. The second-order valence-corrected chi connectivity index (χ2v) is 7.65. The first kappa shape index (κ1) is 15.4. The first-order chi connectivity index (χ1) is 12.5. The van der Waals surface area contributed by atoms with Crippen LogP contribution in [0.1, 0.15) is 13.8 Å². The van der Waals surface area contributed by atoms with E-state index in [1.165, 1.54) is 11.4 Å². The Balaban J connectivity index is 1.74. The van der Waals surface area contributed by atoms with Crippen molar-refractivity contribution < 1.29 is 4.42 Å². The predicted molar refractivity (Wildman–Crippen MR) is 109 cm³/mol. The molecule has 2 aliphatic rings. The van der Waals surface area contributed by atoms with Gasteiger partial charge in [0.25, 0.3) is 0 Å². The third-order valence-electron chi connectivity index (χ3n) is 5.78. The van der Waals surface area contributed by atoms with Crippen LogP contribution in [0.3, 0.4) is 0 Å². The van der Waals surface area contributed by atoms with E-state index in [1.807, 2.05) is 12.1 Å². The van der Waals surface area contributed by atoms with E-state index in [2.05, 4.69) is 91.1 Å². The molecule has 0 aliphatic carbocycles. The van der Waals surface area contributed by atoms with Crippen molar-refractivity contribution in [1.29, 1.82) is 0 Å². The van der Waals surface area contributed by atoms with E-state index in [0.29, 0.717) is 0 Å². The van der Waals surface area contributed by atoms with Crippen LogP contribution in [0.15, 0.2) is 52.9 Å². The van der Waals surface area contributed by atoms with Crippen LogP contribution in [0.2, 0.25) is 6.82 Å². The van der Waals surface area contributed by atoms with Gasteiger partial charge in [0.15, 0.2) is 0 Å². The minimum atomic E-state index is -0.167. The Morgan fingerprint density at radius 1 is 0.962 bits per heavy atom. The first-order valence-corrected chi connectivity index (χ1v) is 9.11. The van der Waals surface area contributed by atoms with E-state index in [1.54, 1.807) is 0 Å². The lowest BCUT2D eigenvalue weighted by Gasteiger charge is -2.46. The molecule has 0 amide bonds. The average Bonchev–Trinajstić information content (AvgIpc) is 3.07. The van der Waals surface area contributed by atoms with Crippen LogP contribution in [0.25, 0.3) is 23.1 Å². The van der Waals surface area contributed by atoms with Crippen molar-refractivity contribution in [3.63, 3.8) is 0 Å². The Bertz CT molecular complexity index is 1130. The van der Waals surface area contributed by atoms with Crippen LogP contribution < -0.4 is 20.5 Å². The van der Waals surface area contributed by atoms with Gasteiger partial charge in [-0.25, -0.2) is 0 Å². The van der Waals surface area contributed by atoms with E-state index in [4.69, 9.17) is 4.42 Å². The van der Waals surface area contributed by atoms with Crippen molar-refractivity contribution in [3.8, 4) is 0 Å². The van der Waals surface area contributed by atoms with Crippen molar-refractivity contribution in [1.82, 2.24) is 4.92 Å². The fraction of sp³-hybridized carbons (Fsp3) is 0.238. The van der Waals surface area contributed by atoms with Gasteiger partial charge in [-0.15, -0.1) is 0 Å². The molecule has 0 N–H and O–H groups in total. The molecule has 0 saturated heterocycles. The van der Waals surface area contributed by atoms with Gasteiger partial charge in [-0.1, -0.05) is 37.2 Å². The van der Waals surface area contributed by atoms with E-state index in [-0.39, 0.29) is 12.5 Å². The van der Waals surface area contributed by atoms with Gasteiger partial charge in [0.2, 0.25) is 0 Å². The first-order valence-electron chi connectivity index (χ1n) is 9.11. The van der Waals surface area contributed by atoms with Crippen molar-refractivity contribution in [2.75, 3.05) is 17.0 Å². The number of para-hydroxylation sites is 3. The van der Waals surface area contributed by atoms with Gasteiger partial charge in [0.05, 0.1) is 11.4 Å². The van der Waals surface area contributed by atoms with Gasteiger partial charge in [-0.2, -0.15) is 0 Å². The maximum absolute atomic E-state index is 6.07. The molecule has 3 heterocycles. The molecule has 0 radical (unpaired) electrons. The zero-order valence-electron chi connectivity index (χ0n) is 15.6. The molecule has 2 aliphatic heterocycles. The van der Waals surface area contributed by atoms with Crippen LogP contribution >= 0.6 is 0 Å². The zero-order chi connectivity index (χ0) is 18.1. The second kappa shape index (κ2) is 5.10. The molecule has 3 aromatic rings. The standard InChI is InChI=1S/C21H22BN3O/c1-21(2)23(4)17-10-6-7-11-18(17)25(21)24-14-16-15-9-5-8-12-19(15)26-20(16)13-22(24)3/h5-14H,1-4H3. The van der Waals surface area contributed by atoms with Crippen LogP contribution in [0.5, 0.6) is 0 Å². The lowest BCUT2D eigenvalue weighted by molar-refractivity contribution is 0.378. The molecule has 5 rings (SSSR count). The van der Waals surface area contributed by atoms with Gasteiger partial charge in [0, 0.05) is 23.9 Å². The number of fused-ring (bicyclic) bond motifs is 4. The van der Waals surface area contributed by atoms with Gasteiger partial charge in [-0.3, -0.25) is 5.01 Å². The van der Waals surface area contributed by atoms with E-state index in [0.717, 1.165) is 21.6 Å². The Morgan fingerprint density at radius 3 is 2.46 bits per heavy atom. The molecule has 0 unspecified atom stereocenters. The smallest absolute Gasteiger partial charge is 0.306 e. The Morgan fingerprint density at radius 2 is 1.65 bits per heavy atom. The highest BCUT2D eigenvalue weighted by Gasteiger charge is 2.44. The highest BCUT2D eigenvalue weighted by molar-refractivity contribution is 6.70. The number of hydrogen-bond acceptors (Lipinski definition) is 4. The number of nitrogens with zero attached hydrogens (tertiary/aromatic N) is 3. The molecule has 0 saturated carbocycles.